The van der Waals surface area contributed by atoms with Crippen molar-refractivity contribution in [3.63, 3.8) is 0 Å². The molecule has 0 aromatic heterocycles. The molecule has 21 heavy (non-hydrogen) atoms. The summed E-state index contributed by atoms with van der Waals surface area (Å²) in [4.78, 5) is 24.9. The van der Waals surface area contributed by atoms with E-state index in [1.54, 1.807) is 11.0 Å². The lowest BCUT2D eigenvalue weighted by molar-refractivity contribution is -0.384. The zero-order valence-corrected chi connectivity index (χ0v) is 13.0. The molecule has 0 aliphatic carbocycles. The van der Waals surface area contributed by atoms with Crippen molar-refractivity contribution in [3.8, 4) is 0 Å². The van der Waals surface area contributed by atoms with Crippen LogP contribution >= 0.6 is 0 Å². The molecule has 0 radical (unpaired) electrons. The third-order valence-corrected chi connectivity index (χ3v) is 2.94. The number of nitro groups is 1. The van der Waals surface area contributed by atoms with E-state index in [9.17, 15) is 14.9 Å². The molecule has 1 aromatic carbocycles. The number of hydrogen-bond donors (Lipinski definition) is 1. The van der Waals surface area contributed by atoms with Gasteiger partial charge in [0.25, 0.3) is 5.91 Å². The van der Waals surface area contributed by atoms with Crippen molar-refractivity contribution < 1.29 is 9.72 Å². The first-order valence-electron chi connectivity index (χ1n) is 7.06. The Labute approximate surface area is 125 Å². The number of carbonyl (C=O) groups excluding carboxylic acids is 1. The highest BCUT2D eigenvalue weighted by atomic mass is 16.6. The number of para-hydroxylation sites is 1. The average molecular weight is 293 g/mol. The third-order valence-electron chi connectivity index (χ3n) is 2.94. The molecule has 0 spiro atoms. The molecule has 0 aliphatic heterocycles. The minimum Gasteiger partial charge on any atom is -0.393 e. The van der Waals surface area contributed by atoms with E-state index in [-0.39, 0.29) is 34.7 Å². The summed E-state index contributed by atoms with van der Waals surface area (Å²) in [7, 11) is 0. The first kappa shape index (κ1) is 16.9. The maximum absolute atomic E-state index is 12.7. The van der Waals surface area contributed by atoms with Gasteiger partial charge in [-0.3, -0.25) is 14.9 Å². The van der Waals surface area contributed by atoms with Gasteiger partial charge in [0.05, 0.1) is 4.92 Å². The van der Waals surface area contributed by atoms with Gasteiger partial charge in [0, 0.05) is 13.1 Å². The predicted octanol–water partition coefficient (Wildman–Crippen LogP) is 2.93. The van der Waals surface area contributed by atoms with Gasteiger partial charge in [-0.2, -0.15) is 0 Å². The van der Waals surface area contributed by atoms with Crippen LogP contribution < -0.4 is 5.73 Å². The highest BCUT2D eigenvalue weighted by Gasteiger charge is 2.27. The Balaban J connectivity index is 3.20. The van der Waals surface area contributed by atoms with Crippen molar-refractivity contribution in [1.82, 2.24) is 4.90 Å². The number of nitrogen functional groups attached to an aromatic ring is 1. The number of anilines is 1. The molecule has 0 saturated heterocycles. The van der Waals surface area contributed by atoms with Crippen molar-refractivity contribution in [3.05, 3.63) is 33.9 Å². The van der Waals surface area contributed by atoms with Crippen LogP contribution in [0, 0.1) is 22.0 Å². The molecular formula is C15H23N3O3. The maximum atomic E-state index is 12.7. The molecule has 6 heteroatoms. The highest BCUT2D eigenvalue weighted by molar-refractivity contribution is 6.00. The van der Waals surface area contributed by atoms with E-state index in [4.69, 9.17) is 5.73 Å². The predicted molar refractivity (Wildman–Crippen MR) is 83.1 cm³/mol. The summed E-state index contributed by atoms with van der Waals surface area (Å²) in [6, 6.07) is 4.47. The van der Waals surface area contributed by atoms with Crippen LogP contribution in [-0.4, -0.2) is 28.8 Å². The molecule has 1 amide bonds. The molecule has 6 nitrogen and oxygen atoms in total. The van der Waals surface area contributed by atoms with E-state index in [1.807, 2.05) is 27.7 Å². The van der Waals surface area contributed by atoms with Gasteiger partial charge in [-0.05, 0) is 24.0 Å². The summed E-state index contributed by atoms with van der Waals surface area (Å²) in [5.41, 5.74) is 5.42. The molecule has 116 valence electrons. The van der Waals surface area contributed by atoms with Gasteiger partial charge in [-0.25, -0.2) is 0 Å². The first-order valence-corrected chi connectivity index (χ1v) is 7.06. The number of rotatable bonds is 6. The molecule has 2 N–H and O–H groups in total. The van der Waals surface area contributed by atoms with Crippen molar-refractivity contribution >= 4 is 17.3 Å². The molecule has 0 heterocycles. The number of nitrogens with zero attached hydrogens (tertiary/aromatic N) is 2. The topological polar surface area (TPSA) is 89.5 Å². The van der Waals surface area contributed by atoms with Crippen molar-refractivity contribution in [2.24, 2.45) is 11.8 Å². The Morgan fingerprint density at radius 1 is 1.24 bits per heavy atom. The van der Waals surface area contributed by atoms with Gasteiger partial charge in [0.15, 0.2) is 0 Å². The quantitative estimate of drug-likeness (QED) is 0.496. The average Bonchev–Trinajstić information content (AvgIpc) is 2.35. The number of amides is 1. The monoisotopic (exact) mass is 293 g/mol. The fourth-order valence-corrected chi connectivity index (χ4v) is 2.23. The Morgan fingerprint density at radius 2 is 1.76 bits per heavy atom. The van der Waals surface area contributed by atoms with E-state index >= 15 is 0 Å². The van der Waals surface area contributed by atoms with Gasteiger partial charge in [0.2, 0.25) is 0 Å². The van der Waals surface area contributed by atoms with E-state index in [2.05, 4.69) is 0 Å². The first-order chi connectivity index (χ1) is 9.73. The van der Waals surface area contributed by atoms with Gasteiger partial charge in [-0.15, -0.1) is 0 Å². The van der Waals surface area contributed by atoms with Crippen LogP contribution in [-0.2, 0) is 0 Å². The Kier molecular flexibility index (Phi) is 5.69. The molecule has 0 bridgehead atoms. The van der Waals surface area contributed by atoms with Crippen molar-refractivity contribution in [2.75, 3.05) is 18.8 Å². The van der Waals surface area contributed by atoms with Gasteiger partial charge in [-0.1, -0.05) is 33.8 Å². The zero-order valence-electron chi connectivity index (χ0n) is 13.0. The van der Waals surface area contributed by atoms with Crippen molar-refractivity contribution in [1.29, 1.82) is 0 Å². The van der Waals surface area contributed by atoms with Gasteiger partial charge in [0.1, 0.15) is 11.3 Å². The third kappa shape index (κ3) is 4.44. The number of nitrogens with two attached hydrogens (primary N) is 1. The second-order valence-electron chi connectivity index (χ2n) is 6.00. The van der Waals surface area contributed by atoms with E-state index in [0.717, 1.165) is 0 Å². The fraction of sp³-hybridized carbons (Fsp3) is 0.533. The van der Waals surface area contributed by atoms with Crippen LogP contribution in [0.25, 0.3) is 0 Å². The minimum absolute atomic E-state index is 0.0138. The number of nitro benzene ring substituents is 1. The molecule has 0 saturated carbocycles. The Morgan fingerprint density at radius 3 is 2.19 bits per heavy atom. The Hall–Kier alpha value is -2.11. The van der Waals surface area contributed by atoms with E-state index in [0.29, 0.717) is 13.1 Å². The number of hydrogen-bond acceptors (Lipinski definition) is 4. The zero-order chi connectivity index (χ0) is 16.2. The lowest BCUT2D eigenvalue weighted by Gasteiger charge is -2.26. The number of carbonyl (C=O) groups is 1. The molecular weight excluding hydrogens is 270 g/mol. The van der Waals surface area contributed by atoms with Gasteiger partial charge >= 0.3 is 5.69 Å². The van der Waals surface area contributed by atoms with E-state index in [1.165, 1.54) is 12.1 Å². The van der Waals surface area contributed by atoms with Gasteiger partial charge < -0.3 is 10.6 Å². The SMILES string of the molecule is CC(C)CN(CC(C)C)C(=O)c1cccc(N)c1[N+](=O)[O-]. The molecule has 0 unspecified atom stereocenters. The normalized spacial score (nSPS) is 11.0. The summed E-state index contributed by atoms with van der Waals surface area (Å²) in [5, 5.41) is 11.2. The molecule has 1 rings (SSSR count). The Bertz CT molecular complexity index is 517. The molecule has 0 aliphatic rings. The summed E-state index contributed by atoms with van der Waals surface area (Å²) in [5.74, 6) is 0.233. The standard InChI is InChI=1S/C15H23N3O3/c1-10(2)8-17(9-11(3)4)15(19)12-6-5-7-13(16)14(12)18(20)21/h5-7,10-11H,8-9,16H2,1-4H3. The number of benzene rings is 1. The lowest BCUT2D eigenvalue weighted by atomic mass is 10.1. The van der Waals surface area contributed by atoms with E-state index < -0.39 is 4.92 Å². The maximum Gasteiger partial charge on any atom is 0.304 e. The molecule has 1 aromatic rings. The van der Waals surface area contributed by atoms with Crippen LogP contribution in [0.3, 0.4) is 0 Å². The highest BCUT2D eigenvalue weighted by Crippen LogP contribution is 2.27. The second kappa shape index (κ2) is 7.06. The minimum atomic E-state index is -0.592. The summed E-state index contributed by atoms with van der Waals surface area (Å²) in [6.45, 7) is 9.15. The smallest absolute Gasteiger partial charge is 0.304 e. The summed E-state index contributed by atoms with van der Waals surface area (Å²) < 4.78 is 0. The van der Waals surface area contributed by atoms with Crippen LogP contribution in [0.2, 0.25) is 0 Å². The summed E-state index contributed by atoms with van der Waals surface area (Å²) in [6.07, 6.45) is 0. The second-order valence-corrected chi connectivity index (χ2v) is 6.00. The summed E-state index contributed by atoms with van der Waals surface area (Å²) >= 11 is 0. The largest absolute Gasteiger partial charge is 0.393 e. The van der Waals surface area contributed by atoms with Crippen molar-refractivity contribution in [2.45, 2.75) is 27.7 Å². The van der Waals surface area contributed by atoms with Crippen LogP contribution in [0.4, 0.5) is 11.4 Å². The lowest BCUT2D eigenvalue weighted by Crippen LogP contribution is -2.37. The van der Waals surface area contributed by atoms with Crippen LogP contribution in [0.1, 0.15) is 38.1 Å². The fourth-order valence-electron chi connectivity index (χ4n) is 2.23. The van der Waals surface area contributed by atoms with Crippen LogP contribution in [0.5, 0.6) is 0 Å². The van der Waals surface area contributed by atoms with Crippen LogP contribution in [0.15, 0.2) is 18.2 Å². The molecule has 0 atom stereocenters. The molecule has 0 fully saturated rings.